The zero-order chi connectivity index (χ0) is 33.4. The summed E-state index contributed by atoms with van der Waals surface area (Å²) >= 11 is 8.50. The number of benzene rings is 1. The van der Waals surface area contributed by atoms with Crippen LogP contribution in [-0.2, 0) is 14.3 Å². The Morgan fingerprint density at radius 2 is 1.83 bits per heavy atom. The molecule has 0 bridgehead atoms. The molecule has 9 heteroatoms. The van der Waals surface area contributed by atoms with E-state index in [1.807, 2.05) is 59.8 Å². The summed E-state index contributed by atoms with van der Waals surface area (Å²) in [6, 6.07) is 6.98. The molecular formula is C37H41ClO7S. The molecule has 2 aromatic rings. The number of furan rings is 1. The summed E-state index contributed by atoms with van der Waals surface area (Å²) in [6.45, 7) is 11.6. The number of carbonyl (C=O) groups is 4. The van der Waals surface area contributed by atoms with E-state index < -0.39 is 44.4 Å². The van der Waals surface area contributed by atoms with E-state index in [4.69, 9.17) is 20.8 Å². The number of ketones is 2. The number of carbonyl (C=O) groups excluding carboxylic acids is 4. The number of aliphatic hydroxyl groups is 1. The number of hydrogen-bond donors (Lipinski definition) is 1. The first-order chi connectivity index (χ1) is 21.6. The molecule has 3 fully saturated rings. The monoisotopic (exact) mass is 664 g/mol. The van der Waals surface area contributed by atoms with Gasteiger partial charge in [0.2, 0.25) is 10.9 Å². The van der Waals surface area contributed by atoms with Crippen LogP contribution in [0.4, 0.5) is 0 Å². The molecule has 0 spiro atoms. The predicted octanol–water partition coefficient (Wildman–Crippen LogP) is 7.13. The lowest BCUT2D eigenvalue weighted by atomic mass is 9.46. The standard InChI is InChI=1S/C37H41ClO7S/c1-20-14-21(2)31(22(3)15-20)28(40)19-46-33(43)37(45-32(42)29-8-7-13-44-29)23(4)16-27-26-10-9-24-17-25(39)11-12-34(24,5)36(26,38)30(41)18-35(27,37)6/h7-8,11-15,17,23,26-27,30,41H,9-10,16,18-19H2,1-6H3/t23-,26?,27?,30+,34+,35+,36+,37+/m1/s1. The molecule has 244 valence electrons. The third kappa shape index (κ3) is 4.57. The van der Waals surface area contributed by atoms with Crippen LogP contribution in [0, 0.1) is 49.4 Å². The summed E-state index contributed by atoms with van der Waals surface area (Å²) in [6.07, 6.45) is 7.15. The van der Waals surface area contributed by atoms with Gasteiger partial charge in [0.05, 0.1) is 23.0 Å². The van der Waals surface area contributed by atoms with Gasteiger partial charge in [0.15, 0.2) is 17.2 Å². The molecule has 4 aliphatic rings. The van der Waals surface area contributed by atoms with Crippen LogP contribution in [0.25, 0.3) is 0 Å². The maximum Gasteiger partial charge on any atom is 0.375 e. The minimum atomic E-state index is -1.67. The number of allylic oxidation sites excluding steroid dienone is 4. The van der Waals surface area contributed by atoms with Crippen LogP contribution in [-0.4, -0.2) is 50.1 Å². The van der Waals surface area contributed by atoms with Crippen molar-refractivity contribution in [2.24, 2.45) is 28.6 Å². The Morgan fingerprint density at radius 3 is 2.48 bits per heavy atom. The van der Waals surface area contributed by atoms with Gasteiger partial charge < -0.3 is 14.3 Å². The van der Waals surface area contributed by atoms with E-state index in [2.05, 4.69) is 0 Å². The zero-order valence-electron chi connectivity index (χ0n) is 27.1. The molecule has 46 heavy (non-hydrogen) atoms. The lowest BCUT2D eigenvalue weighted by molar-refractivity contribution is -0.172. The van der Waals surface area contributed by atoms with Gasteiger partial charge in [-0.05, 0) is 93.7 Å². The first-order valence-electron chi connectivity index (χ1n) is 16.0. The molecule has 0 amide bonds. The van der Waals surface area contributed by atoms with Crippen molar-refractivity contribution >= 4 is 46.0 Å². The highest BCUT2D eigenvalue weighted by atomic mass is 35.5. The molecule has 1 aromatic carbocycles. The molecule has 4 aliphatic carbocycles. The van der Waals surface area contributed by atoms with Crippen LogP contribution >= 0.6 is 23.4 Å². The Kier molecular flexibility index (Phi) is 8.13. The number of esters is 1. The Balaban J connectivity index is 1.39. The Labute approximate surface area is 279 Å². The largest absolute Gasteiger partial charge is 0.457 e. The van der Waals surface area contributed by atoms with E-state index in [1.165, 1.54) is 18.4 Å². The maximum absolute atomic E-state index is 14.7. The van der Waals surface area contributed by atoms with Gasteiger partial charge in [-0.3, -0.25) is 14.4 Å². The summed E-state index contributed by atoms with van der Waals surface area (Å²) in [4.78, 5) is 53.1. The molecule has 3 saturated carbocycles. The summed E-state index contributed by atoms with van der Waals surface area (Å²) in [7, 11) is 0. The molecule has 1 heterocycles. The quantitative estimate of drug-likeness (QED) is 0.197. The second-order valence-electron chi connectivity index (χ2n) is 14.3. The van der Waals surface area contributed by atoms with Gasteiger partial charge in [-0.15, -0.1) is 11.6 Å². The molecule has 0 radical (unpaired) electrons. The SMILES string of the molecule is Cc1cc(C)c(C(=O)CSC(=O)[C@@]2(OC(=O)c3ccco3)[C@H](C)CC3C4CCC5=CC(=O)C=C[C@]5(C)[C@@]4(Cl)[C@@H](O)C[C@@]32C)c(C)c1. The molecule has 1 N–H and O–H groups in total. The van der Waals surface area contributed by atoms with E-state index in [0.29, 0.717) is 24.8 Å². The summed E-state index contributed by atoms with van der Waals surface area (Å²) in [5.74, 6) is -2.06. The smallest absolute Gasteiger partial charge is 0.375 e. The van der Waals surface area contributed by atoms with E-state index in [1.54, 1.807) is 12.1 Å². The van der Waals surface area contributed by atoms with E-state index in [0.717, 1.165) is 34.0 Å². The summed E-state index contributed by atoms with van der Waals surface area (Å²) in [5, 5.41) is 11.7. The number of halogens is 1. The van der Waals surface area contributed by atoms with Crippen molar-refractivity contribution in [3.05, 3.63) is 82.3 Å². The van der Waals surface area contributed by atoms with Gasteiger partial charge >= 0.3 is 5.97 Å². The Bertz CT molecular complexity index is 1670. The van der Waals surface area contributed by atoms with Crippen LogP contribution in [0.15, 0.2) is 58.7 Å². The molecule has 1 aromatic heterocycles. The van der Waals surface area contributed by atoms with Crippen LogP contribution in [0.1, 0.15) is 84.1 Å². The number of Topliss-reactive ketones (excluding diaryl/α,β-unsaturated/α-hetero) is 1. The van der Waals surface area contributed by atoms with Crippen molar-refractivity contribution < 1.29 is 33.4 Å². The average Bonchev–Trinajstić information content (AvgIpc) is 3.59. The second-order valence-corrected chi connectivity index (χ2v) is 15.9. The minimum absolute atomic E-state index is 0.0292. The van der Waals surface area contributed by atoms with Crippen molar-refractivity contribution in [3.63, 3.8) is 0 Å². The first-order valence-corrected chi connectivity index (χ1v) is 17.3. The molecule has 2 unspecified atom stereocenters. The van der Waals surface area contributed by atoms with Gasteiger partial charge in [-0.25, -0.2) is 4.79 Å². The number of rotatable bonds is 6. The summed E-state index contributed by atoms with van der Waals surface area (Å²) in [5.41, 5.74) is 0.810. The number of thioether (sulfide) groups is 1. The van der Waals surface area contributed by atoms with E-state index in [-0.39, 0.29) is 41.3 Å². The number of fused-ring (bicyclic) bond motifs is 5. The van der Waals surface area contributed by atoms with Crippen LogP contribution in [0.2, 0.25) is 0 Å². The fourth-order valence-corrected chi connectivity index (χ4v) is 11.4. The minimum Gasteiger partial charge on any atom is -0.457 e. The second kappa shape index (κ2) is 11.3. The third-order valence-corrected chi connectivity index (χ3v) is 13.6. The lowest BCUT2D eigenvalue weighted by Crippen LogP contribution is -2.69. The van der Waals surface area contributed by atoms with Crippen molar-refractivity contribution in [3.8, 4) is 0 Å². The topological polar surface area (TPSA) is 111 Å². The van der Waals surface area contributed by atoms with E-state index >= 15 is 0 Å². The average molecular weight is 665 g/mol. The fraction of sp³-hybridized carbons (Fsp3) is 0.514. The van der Waals surface area contributed by atoms with Crippen molar-refractivity contribution in [1.29, 1.82) is 0 Å². The molecule has 8 atom stereocenters. The molecule has 7 nitrogen and oxygen atoms in total. The highest BCUT2D eigenvalue weighted by Crippen LogP contribution is 2.72. The maximum atomic E-state index is 14.7. The number of aliphatic hydroxyl groups excluding tert-OH is 1. The Morgan fingerprint density at radius 1 is 1.13 bits per heavy atom. The molecular weight excluding hydrogens is 624 g/mol. The molecule has 0 aliphatic heterocycles. The van der Waals surface area contributed by atoms with Gasteiger partial charge in [-0.1, -0.05) is 61.9 Å². The normalized spacial score (nSPS) is 36.3. The summed E-state index contributed by atoms with van der Waals surface area (Å²) < 4.78 is 11.7. The van der Waals surface area contributed by atoms with Gasteiger partial charge in [0.25, 0.3) is 0 Å². The van der Waals surface area contributed by atoms with Crippen molar-refractivity contribution in [1.82, 2.24) is 0 Å². The van der Waals surface area contributed by atoms with Gasteiger partial charge in [0.1, 0.15) is 0 Å². The van der Waals surface area contributed by atoms with Crippen molar-refractivity contribution in [2.75, 3.05) is 5.75 Å². The molecule has 6 rings (SSSR count). The van der Waals surface area contributed by atoms with Gasteiger partial charge in [-0.2, -0.15) is 0 Å². The zero-order valence-corrected chi connectivity index (χ0v) is 28.7. The predicted molar refractivity (Wildman–Crippen MR) is 177 cm³/mol. The number of ether oxygens (including phenoxy) is 1. The van der Waals surface area contributed by atoms with Crippen LogP contribution in [0.3, 0.4) is 0 Å². The van der Waals surface area contributed by atoms with Crippen LogP contribution in [0.5, 0.6) is 0 Å². The first kappa shape index (κ1) is 33.0. The van der Waals surface area contributed by atoms with Gasteiger partial charge in [0, 0.05) is 22.3 Å². The van der Waals surface area contributed by atoms with E-state index in [9.17, 15) is 24.3 Å². The van der Waals surface area contributed by atoms with Crippen molar-refractivity contribution in [2.45, 2.75) is 83.8 Å². The third-order valence-electron chi connectivity index (χ3n) is 11.8. The number of hydrogen-bond acceptors (Lipinski definition) is 8. The Hall–Kier alpha value is -2.94. The highest BCUT2D eigenvalue weighted by molar-refractivity contribution is 8.14. The fourth-order valence-electron chi connectivity index (χ4n) is 9.75. The van der Waals surface area contributed by atoms with Crippen LogP contribution < -0.4 is 0 Å². The molecule has 0 saturated heterocycles. The highest BCUT2D eigenvalue weighted by Gasteiger charge is 2.76. The number of alkyl halides is 1. The number of aryl methyl sites for hydroxylation is 3. The lowest BCUT2D eigenvalue weighted by Gasteiger charge is -2.64.